The number of aryl methyl sites for hydroxylation is 2. The summed E-state index contributed by atoms with van der Waals surface area (Å²) in [5.41, 5.74) is 3.54. The van der Waals surface area contributed by atoms with Gasteiger partial charge in [0.25, 0.3) is 5.56 Å². The van der Waals surface area contributed by atoms with Gasteiger partial charge >= 0.3 is 0 Å². The molecule has 4 aromatic rings. The third kappa shape index (κ3) is 5.92. The van der Waals surface area contributed by atoms with Gasteiger partial charge in [0.05, 0.1) is 27.3 Å². The Morgan fingerprint density at radius 2 is 1.86 bits per heavy atom. The van der Waals surface area contributed by atoms with Gasteiger partial charge in [0, 0.05) is 10.9 Å². The Morgan fingerprint density at radius 3 is 2.57 bits per heavy atom. The van der Waals surface area contributed by atoms with Crippen LogP contribution in [0.5, 0.6) is 11.5 Å². The van der Waals surface area contributed by atoms with E-state index in [-0.39, 0.29) is 5.56 Å². The van der Waals surface area contributed by atoms with Crippen LogP contribution in [0.25, 0.3) is 10.9 Å². The number of aromatic nitrogens is 2. The van der Waals surface area contributed by atoms with Gasteiger partial charge in [-0.2, -0.15) is 9.78 Å². The summed E-state index contributed by atoms with van der Waals surface area (Å²) in [6.07, 6.45) is 2.23. The number of benzene rings is 3. The van der Waals surface area contributed by atoms with E-state index in [9.17, 15) is 4.79 Å². The lowest BCUT2D eigenvalue weighted by Gasteiger charge is -2.15. The number of ether oxygens (including phenoxy) is 2. The van der Waals surface area contributed by atoms with Crippen molar-refractivity contribution in [1.82, 2.24) is 9.66 Å². The Labute approximate surface area is 226 Å². The summed E-state index contributed by atoms with van der Waals surface area (Å²) in [5.74, 6) is 1.92. The van der Waals surface area contributed by atoms with Crippen molar-refractivity contribution in [3.05, 3.63) is 95.5 Å². The van der Waals surface area contributed by atoms with E-state index in [0.717, 1.165) is 19.2 Å². The third-order valence-corrected chi connectivity index (χ3v) is 6.64. The second kappa shape index (κ2) is 11.3. The number of rotatable bonds is 8. The summed E-state index contributed by atoms with van der Waals surface area (Å²) in [4.78, 5) is 17.8. The van der Waals surface area contributed by atoms with Crippen molar-refractivity contribution in [3.8, 4) is 11.5 Å². The SMILES string of the molecule is CCOc1cc(C=Nn2c(CC)nc3ccc(Br)cc3c2=O)cc(I)c1OCc1ccc(C)cc1. The zero-order valence-corrected chi connectivity index (χ0v) is 23.5. The summed E-state index contributed by atoms with van der Waals surface area (Å²) < 4.78 is 15.1. The molecule has 4 rings (SSSR count). The van der Waals surface area contributed by atoms with Crippen LogP contribution < -0.4 is 15.0 Å². The Balaban J connectivity index is 1.67. The second-order valence-electron chi connectivity index (χ2n) is 7.94. The number of nitrogens with zero attached hydrogens (tertiary/aromatic N) is 3. The molecule has 0 radical (unpaired) electrons. The molecule has 0 N–H and O–H groups in total. The Morgan fingerprint density at radius 1 is 1.09 bits per heavy atom. The van der Waals surface area contributed by atoms with E-state index in [1.165, 1.54) is 10.2 Å². The normalized spacial score (nSPS) is 11.3. The molecule has 6 nitrogen and oxygen atoms in total. The Bertz CT molecular complexity index is 1450. The van der Waals surface area contributed by atoms with Gasteiger partial charge < -0.3 is 9.47 Å². The minimum absolute atomic E-state index is 0.206. The topological polar surface area (TPSA) is 65.7 Å². The molecule has 180 valence electrons. The summed E-state index contributed by atoms with van der Waals surface area (Å²) in [5, 5.41) is 5.01. The molecule has 0 fully saturated rings. The van der Waals surface area contributed by atoms with Crippen LogP contribution in [0.2, 0.25) is 0 Å². The molecule has 35 heavy (non-hydrogen) atoms. The highest BCUT2D eigenvalue weighted by Crippen LogP contribution is 2.34. The summed E-state index contributed by atoms with van der Waals surface area (Å²) in [6.45, 7) is 6.89. The molecule has 0 saturated carbocycles. The predicted octanol–water partition coefficient (Wildman–Crippen LogP) is 6.49. The first-order valence-electron chi connectivity index (χ1n) is 11.3. The van der Waals surface area contributed by atoms with E-state index in [1.807, 2.05) is 38.1 Å². The Kier molecular flexibility index (Phi) is 8.22. The predicted molar refractivity (Wildman–Crippen MR) is 152 cm³/mol. The fourth-order valence-corrected chi connectivity index (χ4v) is 4.71. The first-order valence-corrected chi connectivity index (χ1v) is 13.2. The van der Waals surface area contributed by atoms with E-state index in [1.54, 1.807) is 12.3 Å². The number of fused-ring (bicyclic) bond motifs is 1. The number of hydrogen-bond donors (Lipinski definition) is 0. The van der Waals surface area contributed by atoms with Crippen LogP contribution in [-0.4, -0.2) is 22.5 Å². The summed E-state index contributed by atoms with van der Waals surface area (Å²) >= 11 is 5.67. The summed E-state index contributed by atoms with van der Waals surface area (Å²) in [7, 11) is 0. The van der Waals surface area contributed by atoms with Crippen LogP contribution in [0.3, 0.4) is 0 Å². The Hall–Kier alpha value is -2.72. The molecule has 0 bridgehead atoms. The molecule has 0 saturated heterocycles. The van der Waals surface area contributed by atoms with E-state index in [0.29, 0.717) is 47.9 Å². The van der Waals surface area contributed by atoms with Crippen LogP contribution >= 0.6 is 38.5 Å². The first-order chi connectivity index (χ1) is 16.9. The average molecular weight is 646 g/mol. The third-order valence-electron chi connectivity index (χ3n) is 5.35. The maximum Gasteiger partial charge on any atom is 0.282 e. The molecule has 1 aromatic heterocycles. The number of hydrogen-bond acceptors (Lipinski definition) is 5. The average Bonchev–Trinajstić information content (AvgIpc) is 2.84. The van der Waals surface area contributed by atoms with Gasteiger partial charge in [0.1, 0.15) is 12.4 Å². The van der Waals surface area contributed by atoms with E-state index in [2.05, 4.69) is 79.8 Å². The molecule has 3 aromatic carbocycles. The maximum atomic E-state index is 13.2. The second-order valence-corrected chi connectivity index (χ2v) is 10.0. The van der Waals surface area contributed by atoms with E-state index < -0.39 is 0 Å². The largest absolute Gasteiger partial charge is 0.490 e. The fraction of sp³-hybridized carbons (Fsp3) is 0.222. The van der Waals surface area contributed by atoms with Gasteiger partial charge in [-0.1, -0.05) is 52.7 Å². The van der Waals surface area contributed by atoms with E-state index >= 15 is 0 Å². The van der Waals surface area contributed by atoms with Crippen LogP contribution in [0.4, 0.5) is 0 Å². The van der Waals surface area contributed by atoms with Gasteiger partial charge in [-0.3, -0.25) is 4.79 Å². The van der Waals surface area contributed by atoms with Crippen LogP contribution in [0.15, 0.2) is 69.0 Å². The van der Waals surface area contributed by atoms with Crippen molar-refractivity contribution < 1.29 is 9.47 Å². The van der Waals surface area contributed by atoms with Gasteiger partial charge in [-0.25, -0.2) is 4.98 Å². The van der Waals surface area contributed by atoms with Crippen molar-refractivity contribution in [2.45, 2.75) is 33.8 Å². The molecule has 0 amide bonds. The van der Waals surface area contributed by atoms with Gasteiger partial charge in [-0.05, 0) is 77.9 Å². The minimum Gasteiger partial charge on any atom is -0.490 e. The van der Waals surface area contributed by atoms with Gasteiger partial charge in [0.15, 0.2) is 11.5 Å². The van der Waals surface area contributed by atoms with Gasteiger partial charge in [0.2, 0.25) is 0 Å². The molecule has 0 aliphatic rings. The van der Waals surface area contributed by atoms with Crippen LogP contribution in [0.1, 0.15) is 36.4 Å². The molecule has 0 spiro atoms. The number of halogens is 2. The molecular formula is C27H25BrIN3O3. The monoisotopic (exact) mass is 645 g/mol. The smallest absolute Gasteiger partial charge is 0.282 e. The van der Waals surface area contributed by atoms with Gasteiger partial charge in [-0.15, -0.1) is 0 Å². The standard InChI is InChI=1S/C27H25BrIN3O3/c1-4-25-31-23-11-10-20(28)14-21(23)27(33)32(25)30-15-19-12-22(29)26(24(13-19)34-5-2)35-16-18-8-6-17(3)7-9-18/h6-15H,4-5,16H2,1-3H3. The molecular weight excluding hydrogens is 621 g/mol. The van der Waals surface area contributed by atoms with Crippen molar-refractivity contribution in [1.29, 1.82) is 0 Å². The molecule has 0 atom stereocenters. The fourth-order valence-electron chi connectivity index (χ4n) is 3.57. The van der Waals surface area contributed by atoms with Crippen molar-refractivity contribution in [2.75, 3.05) is 6.61 Å². The zero-order chi connectivity index (χ0) is 24.9. The minimum atomic E-state index is -0.206. The maximum absolute atomic E-state index is 13.2. The quantitative estimate of drug-likeness (QED) is 0.162. The van der Waals surface area contributed by atoms with Crippen LogP contribution in [-0.2, 0) is 13.0 Å². The lowest BCUT2D eigenvalue weighted by molar-refractivity contribution is 0.267. The van der Waals surface area contributed by atoms with E-state index in [4.69, 9.17) is 9.47 Å². The zero-order valence-electron chi connectivity index (χ0n) is 19.7. The highest BCUT2D eigenvalue weighted by molar-refractivity contribution is 14.1. The highest BCUT2D eigenvalue weighted by Gasteiger charge is 2.13. The lowest BCUT2D eigenvalue weighted by atomic mass is 10.2. The molecule has 0 unspecified atom stereocenters. The summed E-state index contributed by atoms with van der Waals surface area (Å²) in [6, 6.07) is 17.6. The van der Waals surface area contributed by atoms with Crippen molar-refractivity contribution in [3.63, 3.8) is 0 Å². The molecule has 0 aliphatic carbocycles. The lowest BCUT2D eigenvalue weighted by Crippen LogP contribution is -2.22. The molecule has 8 heteroatoms. The van der Waals surface area contributed by atoms with Crippen molar-refractivity contribution >= 4 is 55.6 Å². The highest BCUT2D eigenvalue weighted by atomic mass is 127. The molecule has 1 heterocycles. The first kappa shape index (κ1) is 25.4. The molecule has 0 aliphatic heterocycles. The van der Waals surface area contributed by atoms with Crippen molar-refractivity contribution in [2.24, 2.45) is 5.10 Å². The van der Waals surface area contributed by atoms with Crippen LogP contribution in [0, 0.1) is 10.5 Å².